The molecule has 5 nitrogen and oxygen atoms in total. The van der Waals surface area contributed by atoms with Crippen LogP contribution in [-0.4, -0.2) is 28.6 Å². The van der Waals surface area contributed by atoms with Crippen LogP contribution in [0.25, 0.3) is 0 Å². The van der Waals surface area contributed by atoms with Crippen molar-refractivity contribution in [3.05, 3.63) is 47.2 Å². The summed E-state index contributed by atoms with van der Waals surface area (Å²) in [5.74, 6) is -0.513. The molecule has 0 spiro atoms. The summed E-state index contributed by atoms with van der Waals surface area (Å²) in [6.07, 6.45) is 2.14. The predicted octanol–water partition coefficient (Wildman–Crippen LogP) is 3.89. The monoisotopic (exact) mass is 384 g/mol. The molecular weight excluding hydrogens is 367 g/mol. The quantitative estimate of drug-likeness (QED) is 0.849. The van der Waals surface area contributed by atoms with E-state index in [9.17, 15) is 12.8 Å². The van der Waals surface area contributed by atoms with Crippen LogP contribution in [0, 0.1) is 5.82 Å². The number of nitrogens with one attached hydrogen (secondary N) is 1. The highest BCUT2D eigenvalue weighted by Crippen LogP contribution is 2.31. The Kier molecular flexibility index (Phi) is 5.06. The van der Waals surface area contributed by atoms with Gasteiger partial charge in [-0.2, -0.15) is 0 Å². The minimum Gasteiger partial charge on any atom is -0.495 e. The van der Waals surface area contributed by atoms with Crippen molar-refractivity contribution in [3.63, 3.8) is 0 Å². The van der Waals surface area contributed by atoms with Crippen LogP contribution in [0.2, 0.25) is 5.02 Å². The second kappa shape index (κ2) is 7.09. The van der Waals surface area contributed by atoms with Crippen molar-refractivity contribution in [2.45, 2.75) is 17.7 Å². The molecule has 1 N–H and O–H groups in total. The molecule has 2 aromatic rings. The maximum atomic E-state index is 14.2. The summed E-state index contributed by atoms with van der Waals surface area (Å²) in [5.41, 5.74) is 0.682. The number of ether oxygens (including phenoxy) is 1. The first-order valence-electron chi connectivity index (χ1n) is 7.81. The van der Waals surface area contributed by atoms with E-state index in [2.05, 4.69) is 9.62 Å². The van der Waals surface area contributed by atoms with Gasteiger partial charge < -0.3 is 9.64 Å². The largest absolute Gasteiger partial charge is 0.495 e. The summed E-state index contributed by atoms with van der Waals surface area (Å²) in [6, 6.07) is 8.67. The van der Waals surface area contributed by atoms with Crippen LogP contribution in [-0.2, 0) is 10.0 Å². The Hall–Kier alpha value is -1.99. The molecule has 1 aliphatic heterocycles. The standard InChI is InChI=1S/C17H18ClFN2O3S/c1-24-16-7-4-12(18)10-17(16)25(22,23)20-15-11-13(5-6-14(15)19)21-8-2-3-9-21/h4-7,10-11,20H,2-3,8-9H2,1H3. The molecule has 0 saturated carbocycles. The molecule has 1 fully saturated rings. The number of rotatable bonds is 5. The molecule has 2 aromatic carbocycles. The molecule has 0 unspecified atom stereocenters. The van der Waals surface area contributed by atoms with Gasteiger partial charge in [0, 0.05) is 23.8 Å². The number of hydrogen-bond acceptors (Lipinski definition) is 4. The third-order valence-corrected chi connectivity index (χ3v) is 5.70. The van der Waals surface area contributed by atoms with Crippen LogP contribution in [0.5, 0.6) is 5.75 Å². The van der Waals surface area contributed by atoms with Crippen LogP contribution in [0.1, 0.15) is 12.8 Å². The molecule has 0 atom stereocenters. The number of sulfonamides is 1. The van der Waals surface area contributed by atoms with Crippen LogP contribution in [0.4, 0.5) is 15.8 Å². The molecule has 1 aliphatic rings. The lowest BCUT2D eigenvalue weighted by atomic mass is 10.2. The minimum absolute atomic E-state index is 0.105. The number of halogens is 2. The Bertz CT molecular complexity index is 883. The van der Waals surface area contributed by atoms with E-state index in [0.29, 0.717) is 0 Å². The van der Waals surface area contributed by atoms with Crippen molar-refractivity contribution in [1.82, 2.24) is 0 Å². The Balaban J connectivity index is 1.95. The highest BCUT2D eigenvalue weighted by molar-refractivity contribution is 7.92. The van der Waals surface area contributed by atoms with Gasteiger partial charge in [-0.1, -0.05) is 11.6 Å². The van der Waals surface area contributed by atoms with E-state index in [4.69, 9.17) is 16.3 Å². The molecule has 8 heteroatoms. The van der Waals surface area contributed by atoms with E-state index in [1.165, 1.54) is 37.4 Å². The first-order chi connectivity index (χ1) is 11.9. The van der Waals surface area contributed by atoms with E-state index >= 15 is 0 Å². The summed E-state index contributed by atoms with van der Waals surface area (Å²) >= 11 is 5.90. The topological polar surface area (TPSA) is 58.6 Å². The fraction of sp³-hybridized carbons (Fsp3) is 0.294. The lowest BCUT2D eigenvalue weighted by molar-refractivity contribution is 0.403. The zero-order valence-electron chi connectivity index (χ0n) is 13.6. The fourth-order valence-corrected chi connectivity index (χ4v) is 4.31. The van der Waals surface area contributed by atoms with Crippen LogP contribution < -0.4 is 14.4 Å². The van der Waals surface area contributed by atoms with Gasteiger partial charge in [0.05, 0.1) is 12.8 Å². The molecule has 0 amide bonds. The SMILES string of the molecule is COc1ccc(Cl)cc1S(=O)(=O)Nc1cc(N2CCCC2)ccc1F. The molecule has 1 saturated heterocycles. The third-order valence-electron chi connectivity index (χ3n) is 4.08. The van der Waals surface area contributed by atoms with E-state index in [0.717, 1.165) is 31.6 Å². The molecule has 3 rings (SSSR count). The lowest BCUT2D eigenvalue weighted by Gasteiger charge is -2.19. The van der Waals surface area contributed by atoms with Crippen molar-refractivity contribution in [2.75, 3.05) is 29.8 Å². The van der Waals surface area contributed by atoms with Crippen LogP contribution in [0.3, 0.4) is 0 Å². The average molecular weight is 385 g/mol. The maximum absolute atomic E-state index is 14.2. The van der Waals surface area contributed by atoms with E-state index in [1.54, 1.807) is 6.07 Å². The van der Waals surface area contributed by atoms with Gasteiger partial charge in [0.1, 0.15) is 16.5 Å². The maximum Gasteiger partial charge on any atom is 0.265 e. The van der Waals surface area contributed by atoms with Gasteiger partial charge in [0.25, 0.3) is 10.0 Å². The molecule has 1 heterocycles. The highest BCUT2D eigenvalue weighted by Gasteiger charge is 2.22. The minimum atomic E-state index is -4.06. The highest BCUT2D eigenvalue weighted by atomic mass is 35.5. The normalized spacial score (nSPS) is 14.6. The van der Waals surface area contributed by atoms with E-state index < -0.39 is 15.8 Å². The van der Waals surface area contributed by atoms with Crippen molar-refractivity contribution >= 4 is 33.0 Å². The molecule has 134 valence electrons. The molecule has 0 aromatic heterocycles. The number of nitrogens with zero attached hydrogens (tertiary/aromatic N) is 1. The Morgan fingerprint density at radius 1 is 1.16 bits per heavy atom. The van der Waals surface area contributed by atoms with E-state index in [-0.39, 0.29) is 21.4 Å². The Morgan fingerprint density at radius 2 is 1.88 bits per heavy atom. The fourth-order valence-electron chi connectivity index (χ4n) is 2.82. The van der Waals surface area contributed by atoms with Crippen molar-refractivity contribution in [1.29, 1.82) is 0 Å². The number of anilines is 2. The second-order valence-corrected chi connectivity index (χ2v) is 7.85. The Morgan fingerprint density at radius 3 is 2.56 bits per heavy atom. The van der Waals surface area contributed by atoms with Gasteiger partial charge >= 0.3 is 0 Å². The first kappa shape index (κ1) is 17.8. The summed E-state index contributed by atoms with van der Waals surface area (Å²) in [4.78, 5) is 1.95. The second-order valence-electron chi connectivity index (χ2n) is 5.76. The van der Waals surface area contributed by atoms with Crippen LogP contribution in [0.15, 0.2) is 41.3 Å². The van der Waals surface area contributed by atoms with Gasteiger partial charge in [-0.25, -0.2) is 12.8 Å². The number of methoxy groups -OCH3 is 1. The average Bonchev–Trinajstić information content (AvgIpc) is 3.11. The summed E-state index contributed by atoms with van der Waals surface area (Å²) in [7, 11) is -2.70. The molecule has 0 aliphatic carbocycles. The molecule has 0 radical (unpaired) electrons. The van der Waals surface area contributed by atoms with Crippen molar-refractivity contribution in [3.8, 4) is 5.75 Å². The summed E-state index contributed by atoms with van der Waals surface area (Å²) < 4.78 is 46.9. The number of benzene rings is 2. The predicted molar refractivity (Wildman–Crippen MR) is 96.7 cm³/mol. The third kappa shape index (κ3) is 3.82. The lowest BCUT2D eigenvalue weighted by Crippen LogP contribution is -2.19. The van der Waals surface area contributed by atoms with Gasteiger partial charge in [-0.15, -0.1) is 0 Å². The van der Waals surface area contributed by atoms with Crippen LogP contribution >= 0.6 is 11.6 Å². The number of hydrogen-bond donors (Lipinski definition) is 1. The summed E-state index contributed by atoms with van der Waals surface area (Å²) in [5, 5.41) is 0.243. The summed E-state index contributed by atoms with van der Waals surface area (Å²) in [6.45, 7) is 1.75. The van der Waals surface area contributed by atoms with Gasteiger partial charge in [-0.3, -0.25) is 4.72 Å². The first-order valence-corrected chi connectivity index (χ1v) is 9.68. The van der Waals surface area contributed by atoms with Gasteiger partial charge in [0.2, 0.25) is 0 Å². The molecule has 25 heavy (non-hydrogen) atoms. The van der Waals surface area contributed by atoms with Crippen molar-refractivity contribution < 1.29 is 17.5 Å². The zero-order chi connectivity index (χ0) is 18.0. The smallest absolute Gasteiger partial charge is 0.265 e. The van der Waals surface area contributed by atoms with Gasteiger partial charge in [0.15, 0.2) is 0 Å². The zero-order valence-corrected chi connectivity index (χ0v) is 15.2. The molecule has 0 bridgehead atoms. The Labute approximate surface area is 151 Å². The van der Waals surface area contributed by atoms with Gasteiger partial charge in [-0.05, 0) is 49.2 Å². The van der Waals surface area contributed by atoms with Crippen molar-refractivity contribution in [2.24, 2.45) is 0 Å². The van der Waals surface area contributed by atoms with E-state index in [1.807, 2.05) is 0 Å². The molecular formula is C17H18ClFN2O3S.